The number of anilines is 1. The molecule has 6 heteroatoms. The van der Waals surface area contributed by atoms with Crippen LogP contribution in [0, 0.1) is 6.92 Å². The van der Waals surface area contributed by atoms with Crippen LogP contribution in [0.4, 0.5) is 5.69 Å². The van der Waals surface area contributed by atoms with Gasteiger partial charge in [-0.3, -0.25) is 4.98 Å². The average Bonchev–Trinajstić information content (AvgIpc) is 2.44. The van der Waals surface area contributed by atoms with Gasteiger partial charge in [-0.15, -0.1) is 0 Å². The molecule has 0 saturated heterocycles. The number of nitrogens with one attached hydrogen (secondary N) is 1. The van der Waals surface area contributed by atoms with Gasteiger partial charge in [0.2, 0.25) is 0 Å². The largest absolute Gasteiger partial charge is 0.506 e. The normalized spacial score (nSPS) is 10.6. The number of benzene rings is 1. The number of aliphatic hydroxyl groups is 1. The predicted octanol–water partition coefficient (Wildman–Crippen LogP) is 3.62. The standard InChI is InChI=1S/C14H14BrClN2O2/c1-8-14(20)11(9(7-19)5-17-8)6-18-10-2-3-12(15)13(16)4-10/h2-5,18-20H,6-7H2,1H3. The van der Waals surface area contributed by atoms with Crippen molar-refractivity contribution in [1.82, 2.24) is 4.98 Å². The van der Waals surface area contributed by atoms with Crippen molar-refractivity contribution in [2.24, 2.45) is 0 Å². The van der Waals surface area contributed by atoms with Crippen LogP contribution < -0.4 is 5.32 Å². The number of aromatic nitrogens is 1. The summed E-state index contributed by atoms with van der Waals surface area (Å²) in [5.74, 6) is 0.104. The lowest BCUT2D eigenvalue weighted by Gasteiger charge is -2.13. The third-order valence-electron chi connectivity index (χ3n) is 2.99. The Balaban J connectivity index is 2.22. The fourth-order valence-electron chi connectivity index (χ4n) is 1.81. The van der Waals surface area contributed by atoms with Gasteiger partial charge in [0.15, 0.2) is 0 Å². The number of aromatic hydroxyl groups is 1. The zero-order valence-corrected chi connectivity index (χ0v) is 13.2. The van der Waals surface area contributed by atoms with Gasteiger partial charge in [-0.2, -0.15) is 0 Å². The van der Waals surface area contributed by atoms with Gasteiger partial charge in [0, 0.05) is 34.0 Å². The highest BCUT2D eigenvalue weighted by atomic mass is 79.9. The van der Waals surface area contributed by atoms with Gasteiger partial charge in [0.05, 0.1) is 17.3 Å². The lowest BCUT2D eigenvalue weighted by molar-refractivity contribution is 0.279. The van der Waals surface area contributed by atoms with E-state index in [-0.39, 0.29) is 12.4 Å². The maximum atomic E-state index is 10.0. The zero-order valence-electron chi connectivity index (χ0n) is 10.8. The van der Waals surface area contributed by atoms with Crippen LogP contribution in [0.25, 0.3) is 0 Å². The van der Waals surface area contributed by atoms with E-state index < -0.39 is 0 Å². The van der Waals surface area contributed by atoms with Crippen LogP contribution in [0.1, 0.15) is 16.8 Å². The summed E-state index contributed by atoms with van der Waals surface area (Å²) in [4.78, 5) is 4.03. The number of pyridine rings is 1. The Bertz CT molecular complexity index is 635. The van der Waals surface area contributed by atoms with Crippen molar-refractivity contribution in [3.8, 4) is 5.75 Å². The smallest absolute Gasteiger partial charge is 0.142 e. The first-order valence-electron chi connectivity index (χ1n) is 5.99. The Kier molecular flexibility index (Phi) is 4.86. The monoisotopic (exact) mass is 356 g/mol. The molecule has 0 fully saturated rings. The molecular weight excluding hydrogens is 344 g/mol. The van der Waals surface area contributed by atoms with Crippen molar-refractivity contribution < 1.29 is 10.2 Å². The van der Waals surface area contributed by atoms with E-state index in [4.69, 9.17) is 11.6 Å². The maximum absolute atomic E-state index is 10.0. The maximum Gasteiger partial charge on any atom is 0.142 e. The second-order valence-electron chi connectivity index (χ2n) is 4.34. The molecule has 0 aliphatic rings. The van der Waals surface area contributed by atoms with Crippen molar-refractivity contribution >= 4 is 33.2 Å². The van der Waals surface area contributed by atoms with Crippen LogP contribution in [0.15, 0.2) is 28.9 Å². The zero-order chi connectivity index (χ0) is 14.7. The van der Waals surface area contributed by atoms with Gasteiger partial charge in [-0.25, -0.2) is 0 Å². The molecule has 0 saturated carbocycles. The summed E-state index contributed by atoms with van der Waals surface area (Å²) in [7, 11) is 0. The minimum absolute atomic E-state index is 0.104. The molecule has 4 nitrogen and oxygen atoms in total. The van der Waals surface area contributed by atoms with Crippen molar-refractivity contribution in [3.05, 3.63) is 50.7 Å². The SMILES string of the molecule is Cc1ncc(CO)c(CNc2ccc(Br)c(Cl)c2)c1O. The molecular formula is C14H14BrClN2O2. The van der Waals surface area contributed by atoms with E-state index in [0.29, 0.717) is 28.4 Å². The van der Waals surface area contributed by atoms with Crippen LogP contribution in [-0.4, -0.2) is 15.2 Å². The lowest BCUT2D eigenvalue weighted by Crippen LogP contribution is -2.05. The second-order valence-corrected chi connectivity index (χ2v) is 5.60. The van der Waals surface area contributed by atoms with Gasteiger partial charge in [0.25, 0.3) is 0 Å². The summed E-state index contributed by atoms with van der Waals surface area (Å²) in [6.07, 6.45) is 1.57. The molecule has 0 spiro atoms. The number of hydrogen-bond acceptors (Lipinski definition) is 4. The highest BCUT2D eigenvalue weighted by Crippen LogP contribution is 2.28. The molecule has 0 bridgehead atoms. The van der Waals surface area contributed by atoms with Gasteiger partial charge in [-0.05, 0) is 41.1 Å². The molecule has 20 heavy (non-hydrogen) atoms. The summed E-state index contributed by atoms with van der Waals surface area (Å²) in [6, 6.07) is 5.50. The van der Waals surface area contributed by atoms with Crippen LogP contribution >= 0.6 is 27.5 Å². The number of rotatable bonds is 4. The summed E-state index contributed by atoms with van der Waals surface area (Å²) < 4.78 is 0.823. The molecule has 0 aliphatic carbocycles. The Morgan fingerprint density at radius 3 is 2.80 bits per heavy atom. The van der Waals surface area contributed by atoms with Crippen LogP contribution in [0.3, 0.4) is 0 Å². The van der Waals surface area contributed by atoms with Crippen molar-refractivity contribution in [2.45, 2.75) is 20.1 Å². The summed E-state index contributed by atoms with van der Waals surface area (Å²) >= 11 is 9.35. The minimum atomic E-state index is -0.168. The summed E-state index contributed by atoms with van der Waals surface area (Å²) in [5.41, 5.74) is 2.60. The van der Waals surface area contributed by atoms with Crippen molar-refractivity contribution in [2.75, 3.05) is 5.32 Å². The van der Waals surface area contributed by atoms with E-state index >= 15 is 0 Å². The molecule has 0 unspecified atom stereocenters. The predicted molar refractivity (Wildman–Crippen MR) is 83.0 cm³/mol. The Morgan fingerprint density at radius 2 is 2.15 bits per heavy atom. The molecule has 1 aromatic carbocycles. The molecule has 1 heterocycles. The van der Waals surface area contributed by atoms with Gasteiger partial charge >= 0.3 is 0 Å². The van der Waals surface area contributed by atoms with Crippen LogP contribution in [0.2, 0.25) is 5.02 Å². The van der Waals surface area contributed by atoms with Gasteiger partial charge in [-0.1, -0.05) is 11.6 Å². The fraction of sp³-hybridized carbons (Fsp3) is 0.214. The number of hydrogen-bond donors (Lipinski definition) is 3. The molecule has 0 atom stereocenters. The second kappa shape index (κ2) is 6.43. The van der Waals surface area contributed by atoms with Gasteiger partial charge in [0.1, 0.15) is 5.75 Å². The molecule has 0 amide bonds. The van der Waals surface area contributed by atoms with E-state index in [1.807, 2.05) is 12.1 Å². The highest BCUT2D eigenvalue weighted by Gasteiger charge is 2.11. The van der Waals surface area contributed by atoms with Crippen LogP contribution in [0.5, 0.6) is 5.75 Å². The highest BCUT2D eigenvalue weighted by molar-refractivity contribution is 9.10. The Morgan fingerprint density at radius 1 is 1.40 bits per heavy atom. The van der Waals surface area contributed by atoms with Crippen molar-refractivity contribution in [3.63, 3.8) is 0 Å². The summed E-state index contributed by atoms with van der Waals surface area (Å²) in [6.45, 7) is 1.93. The fourth-order valence-corrected chi connectivity index (χ4v) is 2.24. The number of aryl methyl sites for hydroxylation is 1. The minimum Gasteiger partial charge on any atom is -0.506 e. The Labute approximate surface area is 130 Å². The van der Waals surface area contributed by atoms with Crippen molar-refractivity contribution in [1.29, 1.82) is 0 Å². The quantitative estimate of drug-likeness (QED) is 0.782. The topological polar surface area (TPSA) is 65.4 Å². The first-order chi connectivity index (χ1) is 9.52. The lowest BCUT2D eigenvalue weighted by atomic mass is 10.1. The number of halogens is 2. The third kappa shape index (κ3) is 3.23. The third-order valence-corrected chi connectivity index (χ3v) is 4.22. The molecule has 3 N–H and O–H groups in total. The Hall–Kier alpha value is -1.30. The molecule has 2 aromatic rings. The van der Waals surface area contributed by atoms with E-state index in [0.717, 1.165) is 10.2 Å². The number of nitrogens with zero attached hydrogens (tertiary/aromatic N) is 1. The number of aliphatic hydroxyl groups excluding tert-OH is 1. The first-order valence-corrected chi connectivity index (χ1v) is 7.16. The van der Waals surface area contributed by atoms with E-state index in [9.17, 15) is 10.2 Å². The molecule has 0 radical (unpaired) electrons. The van der Waals surface area contributed by atoms with E-state index in [2.05, 4.69) is 26.2 Å². The van der Waals surface area contributed by atoms with Crippen LogP contribution in [-0.2, 0) is 13.2 Å². The van der Waals surface area contributed by atoms with Gasteiger partial charge < -0.3 is 15.5 Å². The van der Waals surface area contributed by atoms with E-state index in [1.54, 1.807) is 19.2 Å². The summed E-state index contributed by atoms with van der Waals surface area (Å²) in [5, 5.41) is 23.1. The average molecular weight is 358 g/mol. The molecule has 0 aliphatic heterocycles. The molecule has 106 valence electrons. The first kappa shape index (κ1) is 15.1. The molecule has 2 rings (SSSR count). The molecule has 1 aromatic heterocycles. The van der Waals surface area contributed by atoms with E-state index in [1.165, 1.54) is 0 Å².